The maximum Gasteiger partial charge on any atom is 0.480 e. The molecule has 1 aromatic rings. The van der Waals surface area contributed by atoms with Crippen LogP contribution in [0.25, 0.3) is 0 Å². The zero-order valence-corrected chi connectivity index (χ0v) is 3.96. The molecule has 0 aliphatic carbocycles. The average molecular weight is 130 g/mol. The lowest BCUT2D eigenvalue weighted by molar-refractivity contribution is -0.396. The maximum atomic E-state index is 10.1. The molecule has 0 unspecified atom stereocenters. The van der Waals surface area contributed by atoms with Crippen LogP contribution in [0.4, 0.5) is 5.95 Å². The summed E-state index contributed by atoms with van der Waals surface area (Å²) >= 11 is 0. The summed E-state index contributed by atoms with van der Waals surface area (Å²) in [5.74, 6) is -0.907. The molecule has 1 aromatic heterocycles. The Morgan fingerprint density at radius 1 is 1.67 bits per heavy atom. The van der Waals surface area contributed by atoms with Crippen LogP contribution in [0.5, 0.6) is 0 Å². The quantitative estimate of drug-likeness (QED) is 0.353. The van der Waals surface area contributed by atoms with Gasteiger partial charge in [-0.05, 0) is 4.92 Å². The van der Waals surface area contributed by atoms with E-state index in [1.54, 1.807) is 0 Å². The average Bonchev–Trinajstić information content (AvgIpc) is 2.13. The summed E-state index contributed by atoms with van der Waals surface area (Å²) in [4.78, 5) is 8.50. The van der Waals surface area contributed by atoms with E-state index in [1.165, 1.54) is 0 Å². The number of rotatable bonds is 1. The molecule has 0 bridgehead atoms. The molecular weight excluding hydrogens is 130 g/mol. The van der Waals surface area contributed by atoms with E-state index in [1.807, 2.05) is 0 Å². The molecule has 1 heterocycles. The molecule has 0 saturated heterocycles. The zero-order valence-electron chi connectivity index (χ0n) is 3.96. The lowest BCUT2D eigenvalue weighted by Crippen LogP contribution is -1.97. The molecule has 9 heavy (non-hydrogen) atoms. The van der Waals surface area contributed by atoms with Crippen LogP contribution in [0.2, 0.25) is 0 Å². The van der Waals surface area contributed by atoms with E-state index in [4.69, 9.17) is 0 Å². The molecular formula is CN5O3-. The van der Waals surface area contributed by atoms with Crippen LogP contribution in [-0.4, -0.2) is 25.3 Å². The Kier molecular flexibility index (Phi) is 0.992. The summed E-state index contributed by atoms with van der Waals surface area (Å²) in [5, 5.41) is 28.1. The van der Waals surface area contributed by atoms with Gasteiger partial charge < -0.3 is 15.3 Å². The van der Waals surface area contributed by atoms with Crippen molar-refractivity contribution in [1.82, 2.24) is 20.4 Å². The van der Waals surface area contributed by atoms with E-state index in [0.717, 1.165) is 0 Å². The fourth-order valence-corrected chi connectivity index (χ4v) is 0.281. The zero-order chi connectivity index (χ0) is 6.85. The summed E-state index contributed by atoms with van der Waals surface area (Å²) in [6, 6.07) is 0. The Bertz CT molecular complexity index is 228. The molecule has 0 saturated carbocycles. The van der Waals surface area contributed by atoms with Crippen molar-refractivity contribution in [3.63, 3.8) is 0 Å². The summed E-state index contributed by atoms with van der Waals surface area (Å²) in [5.41, 5.74) is 0. The first-order chi connectivity index (χ1) is 4.22. The molecule has 8 heteroatoms. The minimum atomic E-state index is -0.965. The van der Waals surface area contributed by atoms with Crippen LogP contribution < -0.4 is 0 Å². The third-order valence-corrected chi connectivity index (χ3v) is 0.590. The van der Waals surface area contributed by atoms with Gasteiger partial charge in [-0.1, -0.05) is 0 Å². The summed E-state index contributed by atoms with van der Waals surface area (Å²) in [7, 11) is 0. The maximum absolute atomic E-state index is 10.1. The number of nitro groups is 1. The summed E-state index contributed by atoms with van der Waals surface area (Å²) in [6.45, 7) is 0. The topological polar surface area (TPSA) is 110 Å². The molecule has 0 atom stereocenters. The van der Waals surface area contributed by atoms with Gasteiger partial charge in [0.1, 0.15) is 0 Å². The molecule has 8 nitrogen and oxygen atoms in total. The van der Waals surface area contributed by atoms with Crippen molar-refractivity contribution in [3.8, 4) is 0 Å². The number of nitrogens with zero attached hydrogens (tertiary/aromatic N) is 5. The molecule has 0 amide bonds. The minimum Gasteiger partial charge on any atom is -0.720 e. The number of hydrogen-bond donors (Lipinski definition) is 0. The molecule has 0 aromatic carbocycles. The second kappa shape index (κ2) is 1.65. The van der Waals surface area contributed by atoms with Crippen molar-refractivity contribution in [3.05, 3.63) is 15.3 Å². The standard InChI is InChI=1S/CN5O3/c7-5-1(6(8)9)2-3-4-5/q-1. The molecule has 0 aliphatic heterocycles. The van der Waals surface area contributed by atoms with Gasteiger partial charge in [-0.3, -0.25) is 0 Å². The smallest absolute Gasteiger partial charge is 0.480 e. The second-order valence-corrected chi connectivity index (χ2v) is 1.11. The fourth-order valence-electron chi connectivity index (χ4n) is 0.281. The van der Waals surface area contributed by atoms with E-state index < -0.39 is 10.9 Å². The van der Waals surface area contributed by atoms with Gasteiger partial charge in [-0.2, -0.15) is 0 Å². The van der Waals surface area contributed by atoms with Crippen molar-refractivity contribution in [2.24, 2.45) is 0 Å². The van der Waals surface area contributed by atoms with Crippen LogP contribution in [0.15, 0.2) is 0 Å². The summed E-state index contributed by atoms with van der Waals surface area (Å²) < 4.78 is 0. The fraction of sp³-hybridized carbons (Fsp3) is 0. The van der Waals surface area contributed by atoms with Crippen molar-refractivity contribution >= 4 is 5.95 Å². The van der Waals surface area contributed by atoms with Crippen LogP contribution in [0.1, 0.15) is 0 Å². The van der Waals surface area contributed by atoms with Crippen LogP contribution in [0, 0.1) is 15.3 Å². The van der Waals surface area contributed by atoms with Crippen molar-refractivity contribution < 1.29 is 4.92 Å². The van der Waals surface area contributed by atoms with Gasteiger partial charge in [0.25, 0.3) is 0 Å². The van der Waals surface area contributed by atoms with Gasteiger partial charge in [0.2, 0.25) is 0 Å². The van der Waals surface area contributed by atoms with Gasteiger partial charge in [0.05, 0.1) is 10.3 Å². The molecule has 0 fully saturated rings. The van der Waals surface area contributed by atoms with Crippen molar-refractivity contribution in [1.29, 1.82) is 0 Å². The Morgan fingerprint density at radius 3 is 2.56 bits per heavy atom. The highest BCUT2D eigenvalue weighted by Crippen LogP contribution is 1.98. The third kappa shape index (κ3) is 0.759. The van der Waals surface area contributed by atoms with Crippen LogP contribution in [-0.2, 0) is 0 Å². The largest absolute Gasteiger partial charge is 0.720 e. The lowest BCUT2D eigenvalue weighted by Gasteiger charge is -1.94. The van der Waals surface area contributed by atoms with Crippen LogP contribution in [0.3, 0.4) is 0 Å². The van der Waals surface area contributed by atoms with Gasteiger partial charge in [-0.25, -0.2) is 0 Å². The predicted molar refractivity (Wildman–Crippen MR) is 23.2 cm³/mol. The van der Waals surface area contributed by atoms with Crippen LogP contribution >= 0.6 is 0 Å². The molecule has 48 valence electrons. The predicted octanol–water partition coefficient (Wildman–Crippen LogP) is -1.07. The first-order valence-corrected chi connectivity index (χ1v) is 1.82. The molecule has 0 N–H and O–H groups in total. The Balaban J connectivity index is 3.08. The van der Waals surface area contributed by atoms with Gasteiger partial charge in [0, 0.05) is 5.21 Å². The minimum absolute atomic E-state index is 0.264. The Morgan fingerprint density at radius 2 is 2.33 bits per heavy atom. The second-order valence-electron chi connectivity index (χ2n) is 1.11. The van der Waals surface area contributed by atoms with Gasteiger partial charge >= 0.3 is 5.95 Å². The molecule has 0 radical (unpaired) electrons. The van der Waals surface area contributed by atoms with E-state index in [9.17, 15) is 15.3 Å². The molecule has 0 spiro atoms. The number of aromatic nitrogens is 4. The van der Waals surface area contributed by atoms with E-state index in [0.29, 0.717) is 0 Å². The highest BCUT2D eigenvalue weighted by molar-refractivity contribution is 4.98. The van der Waals surface area contributed by atoms with E-state index in [-0.39, 0.29) is 4.85 Å². The first kappa shape index (κ1) is 5.41. The highest BCUT2D eigenvalue weighted by Gasteiger charge is 2.10. The Hall–Kier alpha value is -1.73. The van der Waals surface area contributed by atoms with E-state index >= 15 is 0 Å². The normalized spacial score (nSPS) is 9.33. The van der Waals surface area contributed by atoms with Gasteiger partial charge in [-0.15, -0.1) is 4.85 Å². The third-order valence-electron chi connectivity index (χ3n) is 0.590. The SMILES string of the molecule is O=[N+]([O-])c1nnnn1[O-]. The number of hydrogen-bond acceptors (Lipinski definition) is 6. The summed E-state index contributed by atoms with van der Waals surface area (Å²) in [6.07, 6.45) is 0. The van der Waals surface area contributed by atoms with Crippen molar-refractivity contribution in [2.45, 2.75) is 0 Å². The first-order valence-electron chi connectivity index (χ1n) is 1.82. The molecule has 1 rings (SSSR count). The number of tetrazole rings is 1. The van der Waals surface area contributed by atoms with Gasteiger partial charge in [0.15, 0.2) is 0 Å². The Labute approximate surface area is 47.8 Å². The van der Waals surface area contributed by atoms with Crippen molar-refractivity contribution in [2.75, 3.05) is 0 Å². The highest BCUT2D eigenvalue weighted by atomic mass is 16.6. The lowest BCUT2D eigenvalue weighted by atomic mass is 11.1. The van der Waals surface area contributed by atoms with E-state index in [2.05, 4.69) is 15.5 Å². The molecule has 0 aliphatic rings. The monoisotopic (exact) mass is 130 g/mol.